The van der Waals surface area contributed by atoms with E-state index in [-0.39, 0.29) is 5.75 Å². The molecule has 2 rings (SSSR count). The molecule has 0 aliphatic rings. The molecule has 0 radical (unpaired) electrons. The molecule has 2 aromatic rings. The highest BCUT2D eigenvalue weighted by Gasteiger charge is 2.10. The summed E-state index contributed by atoms with van der Waals surface area (Å²) in [4.78, 5) is 0.357. The molecule has 4 nitrogen and oxygen atoms in total. The zero-order valence-electron chi connectivity index (χ0n) is 12.0. The summed E-state index contributed by atoms with van der Waals surface area (Å²) < 4.78 is 28.9. The zero-order valence-corrected chi connectivity index (χ0v) is 12.8. The van der Waals surface area contributed by atoms with Crippen molar-refractivity contribution in [2.45, 2.75) is 11.8 Å². The van der Waals surface area contributed by atoms with E-state index >= 15 is 0 Å². The summed E-state index contributed by atoms with van der Waals surface area (Å²) in [6.45, 7) is 2.83. The maximum atomic E-state index is 11.7. The second-order valence-corrected chi connectivity index (χ2v) is 6.79. The van der Waals surface area contributed by atoms with Gasteiger partial charge in [0, 0.05) is 12.2 Å². The van der Waals surface area contributed by atoms with E-state index in [4.69, 9.17) is 4.74 Å². The molecule has 0 spiro atoms. The first kappa shape index (κ1) is 15.4. The highest BCUT2D eigenvalue weighted by molar-refractivity contribution is 7.91. The fraction of sp³-hybridized carbons (Fsp3) is 0.250. The van der Waals surface area contributed by atoms with Crippen molar-refractivity contribution < 1.29 is 13.2 Å². The maximum Gasteiger partial charge on any atom is 0.178 e. The van der Waals surface area contributed by atoms with Crippen LogP contribution in [0.5, 0.6) is 5.75 Å². The number of anilines is 1. The van der Waals surface area contributed by atoms with Crippen LogP contribution in [-0.2, 0) is 9.84 Å². The van der Waals surface area contributed by atoms with Crippen LogP contribution in [0.2, 0.25) is 0 Å². The van der Waals surface area contributed by atoms with E-state index < -0.39 is 9.84 Å². The van der Waals surface area contributed by atoms with E-state index in [2.05, 4.69) is 5.32 Å². The van der Waals surface area contributed by atoms with E-state index in [1.165, 1.54) is 0 Å². The summed E-state index contributed by atoms with van der Waals surface area (Å²) in [7, 11) is -3.13. The summed E-state index contributed by atoms with van der Waals surface area (Å²) in [6, 6.07) is 16.4. The van der Waals surface area contributed by atoms with Crippen LogP contribution in [0.15, 0.2) is 59.5 Å². The van der Waals surface area contributed by atoms with Crippen molar-refractivity contribution in [3.63, 3.8) is 0 Å². The second-order valence-electron chi connectivity index (χ2n) is 4.52. The Morgan fingerprint density at radius 1 is 1.00 bits per heavy atom. The molecule has 5 heteroatoms. The number of sulfone groups is 1. The van der Waals surface area contributed by atoms with Crippen molar-refractivity contribution in [2.24, 2.45) is 0 Å². The minimum Gasteiger partial charge on any atom is -0.492 e. The topological polar surface area (TPSA) is 55.4 Å². The molecule has 0 atom stereocenters. The predicted molar refractivity (Wildman–Crippen MR) is 84.6 cm³/mol. The standard InChI is InChI=1S/C16H19NO3S/c1-2-21(18,19)16-10-8-14(9-11-16)17-12-13-20-15-6-4-3-5-7-15/h3-11,17H,2,12-13H2,1H3. The van der Waals surface area contributed by atoms with Crippen LogP contribution in [-0.4, -0.2) is 27.3 Å². The molecule has 0 heterocycles. The van der Waals surface area contributed by atoms with Crippen molar-refractivity contribution in [1.82, 2.24) is 0 Å². The molecule has 0 fully saturated rings. The predicted octanol–water partition coefficient (Wildman–Crippen LogP) is 2.97. The lowest BCUT2D eigenvalue weighted by Gasteiger charge is -2.09. The van der Waals surface area contributed by atoms with Gasteiger partial charge in [0.2, 0.25) is 0 Å². The number of nitrogens with one attached hydrogen (secondary N) is 1. The lowest BCUT2D eigenvalue weighted by Crippen LogP contribution is -2.11. The van der Waals surface area contributed by atoms with Crippen LogP contribution < -0.4 is 10.1 Å². The van der Waals surface area contributed by atoms with Gasteiger partial charge in [-0.1, -0.05) is 25.1 Å². The number of hydrogen-bond acceptors (Lipinski definition) is 4. The number of para-hydroxylation sites is 1. The highest BCUT2D eigenvalue weighted by atomic mass is 32.2. The van der Waals surface area contributed by atoms with E-state index in [0.29, 0.717) is 18.0 Å². The first-order chi connectivity index (χ1) is 10.1. The van der Waals surface area contributed by atoms with Gasteiger partial charge in [0.1, 0.15) is 12.4 Å². The normalized spacial score (nSPS) is 11.1. The van der Waals surface area contributed by atoms with Gasteiger partial charge in [0.15, 0.2) is 9.84 Å². The molecule has 2 aromatic carbocycles. The van der Waals surface area contributed by atoms with Crippen LogP contribution in [0.1, 0.15) is 6.92 Å². The van der Waals surface area contributed by atoms with Crippen molar-refractivity contribution in [3.05, 3.63) is 54.6 Å². The van der Waals surface area contributed by atoms with Gasteiger partial charge < -0.3 is 10.1 Å². The van der Waals surface area contributed by atoms with Crippen LogP contribution in [0.4, 0.5) is 5.69 Å². The minimum atomic E-state index is -3.13. The highest BCUT2D eigenvalue weighted by Crippen LogP contribution is 2.15. The van der Waals surface area contributed by atoms with Crippen molar-refractivity contribution in [1.29, 1.82) is 0 Å². The number of benzene rings is 2. The molecule has 0 aliphatic heterocycles. The molecule has 0 aromatic heterocycles. The molecule has 112 valence electrons. The largest absolute Gasteiger partial charge is 0.492 e. The fourth-order valence-corrected chi connectivity index (χ4v) is 2.71. The third-order valence-electron chi connectivity index (χ3n) is 3.04. The lowest BCUT2D eigenvalue weighted by atomic mass is 10.3. The van der Waals surface area contributed by atoms with Gasteiger partial charge in [0.25, 0.3) is 0 Å². The molecule has 0 bridgehead atoms. The summed E-state index contributed by atoms with van der Waals surface area (Å²) in [5.74, 6) is 0.953. The van der Waals surface area contributed by atoms with E-state index in [1.807, 2.05) is 30.3 Å². The molecule has 1 N–H and O–H groups in total. The molecule has 0 saturated heterocycles. The van der Waals surface area contributed by atoms with Crippen LogP contribution >= 0.6 is 0 Å². The van der Waals surface area contributed by atoms with Crippen molar-refractivity contribution in [2.75, 3.05) is 24.2 Å². The molecule has 0 saturated carbocycles. The summed E-state index contributed by atoms with van der Waals surface area (Å²) in [5, 5.41) is 3.19. The van der Waals surface area contributed by atoms with Gasteiger partial charge in [-0.3, -0.25) is 0 Å². The van der Waals surface area contributed by atoms with Crippen molar-refractivity contribution in [3.8, 4) is 5.75 Å². The third-order valence-corrected chi connectivity index (χ3v) is 4.79. The van der Waals surface area contributed by atoms with Gasteiger partial charge in [-0.25, -0.2) is 8.42 Å². The minimum absolute atomic E-state index is 0.116. The molecule has 0 aliphatic carbocycles. The number of rotatable bonds is 7. The third kappa shape index (κ3) is 4.49. The van der Waals surface area contributed by atoms with Crippen molar-refractivity contribution >= 4 is 15.5 Å². The zero-order chi connectivity index (χ0) is 15.1. The SMILES string of the molecule is CCS(=O)(=O)c1ccc(NCCOc2ccccc2)cc1. The number of hydrogen-bond donors (Lipinski definition) is 1. The Kier molecular flexibility index (Phi) is 5.22. The molecule has 21 heavy (non-hydrogen) atoms. The Labute approximate surface area is 125 Å². The summed E-state index contributed by atoms with van der Waals surface area (Å²) >= 11 is 0. The average Bonchev–Trinajstić information content (AvgIpc) is 2.53. The fourth-order valence-electron chi connectivity index (χ4n) is 1.83. The smallest absolute Gasteiger partial charge is 0.178 e. The van der Waals surface area contributed by atoms with Crippen LogP contribution in [0, 0.1) is 0 Å². The van der Waals surface area contributed by atoms with Gasteiger partial charge in [-0.15, -0.1) is 0 Å². The molecular weight excluding hydrogens is 286 g/mol. The molecular formula is C16H19NO3S. The monoisotopic (exact) mass is 305 g/mol. The maximum absolute atomic E-state index is 11.7. The van der Waals surface area contributed by atoms with E-state index in [9.17, 15) is 8.42 Å². The Morgan fingerprint density at radius 2 is 1.67 bits per heavy atom. The van der Waals surface area contributed by atoms with E-state index in [1.54, 1.807) is 31.2 Å². The molecule has 0 amide bonds. The molecule has 0 unspecified atom stereocenters. The first-order valence-electron chi connectivity index (χ1n) is 6.86. The quantitative estimate of drug-likeness (QED) is 0.799. The Morgan fingerprint density at radius 3 is 2.29 bits per heavy atom. The van der Waals surface area contributed by atoms with Crippen LogP contribution in [0.25, 0.3) is 0 Å². The Bertz CT molecular complexity index is 652. The van der Waals surface area contributed by atoms with Gasteiger partial charge in [0.05, 0.1) is 10.6 Å². The summed E-state index contributed by atoms with van der Waals surface area (Å²) in [6.07, 6.45) is 0. The first-order valence-corrected chi connectivity index (χ1v) is 8.51. The summed E-state index contributed by atoms with van der Waals surface area (Å²) in [5.41, 5.74) is 0.877. The van der Waals surface area contributed by atoms with E-state index in [0.717, 1.165) is 11.4 Å². The lowest BCUT2D eigenvalue weighted by molar-refractivity contribution is 0.333. The van der Waals surface area contributed by atoms with Gasteiger partial charge in [-0.05, 0) is 36.4 Å². The Hall–Kier alpha value is -2.01. The average molecular weight is 305 g/mol. The van der Waals surface area contributed by atoms with Gasteiger partial charge >= 0.3 is 0 Å². The van der Waals surface area contributed by atoms with Crippen LogP contribution in [0.3, 0.4) is 0 Å². The van der Waals surface area contributed by atoms with Gasteiger partial charge in [-0.2, -0.15) is 0 Å². The Balaban J connectivity index is 1.82. The number of ether oxygens (including phenoxy) is 1. The second kappa shape index (κ2) is 7.13.